The lowest BCUT2D eigenvalue weighted by Crippen LogP contribution is -2.64. The van der Waals surface area contributed by atoms with E-state index in [0.717, 1.165) is 44.2 Å². The number of fused-ring (bicyclic) bond motifs is 1. The Bertz CT molecular complexity index is 769. The molecule has 0 bridgehead atoms. The third-order valence-electron chi connectivity index (χ3n) is 5.89. The Morgan fingerprint density at radius 2 is 2.20 bits per heavy atom. The predicted molar refractivity (Wildman–Crippen MR) is 93.0 cm³/mol. The maximum atomic E-state index is 12.8. The maximum absolute atomic E-state index is 12.8. The first kappa shape index (κ1) is 15.1. The van der Waals surface area contributed by atoms with Gasteiger partial charge in [-0.1, -0.05) is 6.07 Å². The number of aromatic amines is 1. The Morgan fingerprint density at radius 3 is 3.00 bits per heavy atom. The summed E-state index contributed by atoms with van der Waals surface area (Å²) < 4.78 is 0. The number of carbonyl (C=O) groups is 1. The van der Waals surface area contributed by atoms with Gasteiger partial charge in [-0.3, -0.25) is 19.8 Å². The molecule has 2 aliphatic heterocycles. The van der Waals surface area contributed by atoms with Crippen LogP contribution in [-0.2, 0) is 6.54 Å². The van der Waals surface area contributed by atoms with Crippen molar-refractivity contribution in [1.29, 1.82) is 0 Å². The third kappa shape index (κ3) is 2.84. The van der Waals surface area contributed by atoms with Crippen LogP contribution in [0.5, 0.6) is 0 Å². The first-order valence-corrected chi connectivity index (χ1v) is 9.25. The molecule has 5 rings (SSSR count). The molecule has 3 aliphatic rings. The highest BCUT2D eigenvalue weighted by Crippen LogP contribution is 2.39. The molecule has 1 aliphatic carbocycles. The minimum atomic E-state index is 0.0785. The van der Waals surface area contributed by atoms with E-state index in [9.17, 15) is 4.79 Å². The number of nitrogens with zero attached hydrogens (tertiary/aromatic N) is 4. The number of nitrogens with one attached hydrogen (secondary N) is 1. The van der Waals surface area contributed by atoms with Gasteiger partial charge in [0.25, 0.3) is 5.91 Å². The van der Waals surface area contributed by atoms with E-state index in [-0.39, 0.29) is 5.91 Å². The third-order valence-corrected chi connectivity index (χ3v) is 5.89. The van der Waals surface area contributed by atoms with E-state index in [4.69, 9.17) is 0 Å². The molecule has 6 heteroatoms. The zero-order valence-electron chi connectivity index (χ0n) is 14.3. The van der Waals surface area contributed by atoms with Gasteiger partial charge in [-0.05, 0) is 42.9 Å². The number of carbonyl (C=O) groups excluding carboxylic acids is 1. The summed E-state index contributed by atoms with van der Waals surface area (Å²) in [6.07, 6.45) is 7.27. The zero-order chi connectivity index (χ0) is 16.8. The highest BCUT2D eigenvalue weighted by Gasteiger charge is 2.43. The molecule has 3 fully saturated rings. The van der Waals surface area contributed by atoms with Crippen molar-refractivity contribution in [2.24, 2.45) is 5.92 Å². The van der Waals surface area contributed by atoms with E-state index in [1.165, 1.54) is 18.4 Å². The second kappa shape index (κ2) is 5.95. The van der Waals surface area contributed by atoms with E-state index in [2.05, 4.69) is 26.1 Å². The fourth-order valence-electron chi connectivity index (χ4n) is 4.21. The van der Waals surface area contributed by atoms with Gasteiger partial charge in [-0.25, -0.2) is 0 Å². The lowest BCUT2D eigenvalue weighted by molar-refractivity contribution is -0.0429. The standard InChI is InChI=1S/C19H23N5O/c25-19(17-8-16(21-22-17)14-3-4-14)23-7-5-15-11-24(18(15)12-23)10-13-2-1-6-20-9-13/h1-2,6,8-9,14-15,18H,3-5,7,10-12H2,(H,21,22)/t15-,18-/m1/s1. The second-order valence-corrected chi connectivity index (χ2v) is 7.64. The first-order chi connectivity index (χ1) is 12.3. The van der Waals surface area contributed by atoms with E-state index in [1.807, 2.05) is 29.4 Å². The summed E-state index contributed by atoms with van der Waals surface area (Å²) >= 11 is 0. The summed E-state index contributed by atoms with van der Waals surface area (Å²) in [5.74, 6) is 1.40. The highest BCUT2D eigenvalue weighted by molar-refractivity contribution is 5.92. The lowest BCUT2D eigenvalue weighted by atomic mass is 9.82. The zero-order valence-corrected chi connectivity index (χ0v) is 14.3. The van der Waals surface area contributed by atoms with E-state index in [0.29, 0.717) is 17.7 Å². The lowest BCUT2D eigenvalue weighted by Gasteiger charge is -2.53. The average Bonchev–Trinajstić information content (AvgIpc) is 3.37. The van der Waals surface area contributed by atoms with Crippen LogP contribution >= 0.6 is 0 Å². The summed E-state index contributed by atoms with van der Waals surface area (Å²) in [5, 5.41) is 7.31. The van der Waals surface area contributed by atoms with Crippen molar-refractivity contribution in [2.75, 3.05) is 19.6 Å². The van der Waals surface area contributed by atoms with Crippen LogP contribution in [0, 0.1) is 5.92 Å². The molecule has 25 heavy (non-hydrogen) atoms. The van der Waals surface area contributed by atoms with Crippen LogP contribution in [-0.4, -0.2) is 56.6 Å². The van der Waals surface area contributed by atoms with E-state index >= 15 is 0 Å². The molecule has 2 atom stereocenters. The van der Waals surface area contributed by atoms with Gasteiger partial charge < -0.3 is 4.90 Å². The van der Waals surface area contributed by atoms with Gasteiger partial charge in [0, 0.05) is 56.2 Å². The Labute approximate surface area is 147 Å². The molecule has 1 amide bonds. The molecule has 2 aromatic rings. The molecule has 0 spiro atoms. The topological polar surface area (TPSA) is 65.1 Å². The number of amides is 1. The van der Waals surface area contributed by atoms with Gasteiger partial charge in [0.15, 0.2) is 0 Å². The molecule has 0 aromatic carbocycles. The van der Waals surface area contributed by atoms with Crippen LogP contribution in [0.3, 0.4) is 0 Å². The predicted octanol–water partition coefficient (Wildman–Crippen LogP) is 2.03. The van der Waals surface area contributed by atoms with Gasteiger partial charge in [0.05, 0.1) is 0 Å². The van der Waals surface area contributed by atoms with Crippen LogP contribution in [0.4, 0.5) is 0 Å². The number of likely N-dealkylation sites (tertiary alicyclic amines) is 2. The molecule has 2 aromatic heterocycles. The fraction of sp³-hybridized carbons (Fsp3) is 0.526. The minimum Gasteiger partial charge on any atom is -0.336 e. The Balaban J connectivity index is 1.24. The van der Waals surface area contributed by atoms with Crippen molar-refractivity contribution in [3.63, 3.8) is 0 Å². The number of pyridine rings is 1. The summed E-state index contributed by atoms with van der Waals surface area (Å²) in [5.41, 5.74) is 2.95. The van der Waals surface area contributed by atoms with Crippen LogP contribution in [0.1, 0.15) is 46.9 Å². The molecule has 1 N–H and O–H groups in total. The summed E-state index contributed by atoms with van der Waals surface area (Å²) in [7, 11) is 0. The first-order valence-electron chi connectivity index (χ1n) is 9.25. The summed E-state index contributed by atoms with van der Waals surface area (Å²) in [4.78, 5) is 21.5. The quantitative estimate of drug-likeness (QED) is 0.927. The largest absolute Gasteiger partial charge is 0.336 e. The summed E-state index contributed by atoms with van der Waals surface area (Å²) in [6.45, 7) is 3.73. The molecule has 4 heterocycles. The van der Waals surface area contributed by atoms with Crippen molar-refractivity contribution < 1.29 is 4.79 Å². The van der Waals surface area contributed by atoms with Gasteiger partial charge in [0.1, 0.15) is 5.69 Å². The normalized spacial score (nSPS) is 26.2. The number of hydrogen-bond acceptors (Lipinski definition) is 4. The Kier molecular flexibility index (Phi) is 3.59. The van der Waals surface area contributed by atoms with Crippen molar-refractivity contribution in [3.8, 4) is 0 Å². The molecule has 130 valence electrons. The van der Waals surface area contributed by atoms with Crippen molar-refractivity contribution in [2.45, 2.75) is 37.8 Å². The van der Waals surface area contributed by atoms with Crippen LogP contribution in [0.2, 0.25) is 0 Å². The van der Waals surface area contributed by atoms with E-state index < -0.39 is 0 Å². The molecular formula is C19H23N5O. The van der Waals surface area contributed by atoms with Crippen molar-refractivity contribution >= 4 is 5.91 Å². The monoisotopic (exact) mass is 337 g/mol. The fourth-order valence-corrected chi connectivity index (χ4v) is 4.21. The molecule has 2 saturated heterocycles. The average molecular weight is 337 g/mol. The minimum absolute atomic E-state index is 0.0785. The summed E-state index contributed by atoms with van der Waals surface area (Å²) in [6, 6.07) is 6.54. The van der Waals surface area contributed by atoms with Crippen LogP contribution in [0.15, 0.2) is 30.6 Å². The molecule has 1 saturated carbocycles. The Hall–Kier alpha value is -2.21. The maximum Gasteiger partial charge on any atom is 0.274 e. The Morgan fingerprint density at radius 1 is 1.28 bits per heavy atom. The van der Waals surface area contributed by atoms with Crippen molar-refractivity contribution in [1.82, 2.24) is 25.0 Å². The number of rotatable bonds is 4. The molecule has 0 unspecified atom stereocenters. The molecular weight excluding hydrogens is 314 g/mol. The number of piperidine rings is 1. The van der Waals surface area contributed by atoms with Crippen LogP contribution in [0.25, 0.3) is 0 Å². The second-order valence-electron chi connectivity index (χ2n) is 7.64. The van der Waals surface area contributed by atoms with E-state index in [1.54, 1.807) is 0 Å². The van der Waals surface area contributed by atoms with Crippen molar-refractivity contribution in [3.05, 3.63) is 47.5 Å². The number of aromatic nitrogens is 3. The van der Waals surface area contributed by atoms with Gasteiger partial charge in [0.2, 0.25) is 0 Å². The smallest absolute Gasteiger partial charge is 0.274 e. The SMILES string of the molecule is O=C(c1cc(C2CC2)[nH]n1)N1CC[C@@H]2CN(Cc3cccnc3)[C@@H]2C1. The highest BCUT2D eigenvalue weighted by atomic mass is 16.2. The van der Waals surface area contributed by atoms with Crippen LogP contribution < -0.4 is 0 Å². The number of H-pyrrole nitrogens is 1. The molecule has 6 nitrogen and oxygen atoms in total. The van der Waals surface area contributed by atoms with Gasteiger partial charge in [-0.2, -0.15) is 5.10 Å². The van der Waals surface area contributed by atoms with Gasteiger partial charge in [-0.15, -0.1) is 0 Å². The molecule has 0 radical (unpaired) electrons. The number of hydrogen-bond donors (Lipinski definition) is 1. The van der Waals surface area contributed by atoms with Gasteiger partial charge >= 0.3 is 0 Å².